The third kappa shape index (κ3) is 5.24. The van der Waals surface area contributed by atoms with E-state index in [1.54, 1.807) is 6.92 Å². The average Bonchev–Trinajstić information content (AvgIpc) is 2.11. The first-order valence-corrected chi connectivity index (χ1v) is 5.03. The van der Waals surface area contributed by atoms with Crippen molar-refractivity contribution >= 4 is 0 Å². The Labute approximate surface area is 80.4 Å². The molecule has 0 aliphatic carbocycles. The van der Waals surface area contributed by atoms with Gasteiger partial charge in [0.2, 0.25) is 0 Å². The lowest BCUT2D eigenvalue weighted by Gasteiger charge is -2.23. The number of aliphatic hydroxyl groups excluding tert-OH is 3. The summed E-state index contributed by atoms with van der Waals surface area (Å²) >= 11 is 0. The van der Waals surface area contributed by atoms with Crippen molar-refractivity contribution < 1.29 is 15.3 Å². The number of rotatable bonds is 6. The summed E-state index contributed by atoms with van der Waals surface area (Å²) in [5, 5.41) is 28.0. The summed E-state index contributed by atoms with van der Waals surface area (Å²) in [6.45, 7) is 5.43. The number of aliphatic hydroxyl groups is 3. The normalized spacial score (nSPS) is 20.8. The Balaban J connectivity index is 3.74. The van der Waals surface area contributed by atoms with Gasteiger partial charge in [-0.25, -0.2) is 0 Å². The molecule has 13 heavy (non-hydrogen) atoms. The van der Waals surface area contributed by atoms with Gasteiger partial charge in [-0.3, -0.25) is 0 Å². The Morgan fingerprint density at radius 3 is 1.85 bits per heavy atom. The molecule has 0 amide bonds. The quantitative estimate of drug-likeness (QED) is 0.583. The standard InChI is InChI=1S/C10H22O3/c1-4-9(12)8(3)10(13)6-5-7(2)11/h7-13H,4-6H2,1-3H3. The molecule has 0 aliphatic heterocycles. The molecule has 0 spiro atoms. The fourth-order valence-electron chi connectivity index (χ4n) is 1.30. The lowest BCUT2D eigenvalue weighted by atomic mass is 9.93. The molecule has 0 fully saturated rings. The second-order valence-corrected chi connectivity index (χ2v) is 3.83. The van der Waals surface area contributed by atoms with E-state index in [0.29, 0.717) is 19.3 Å². The molecule has 3 N–H and O–H groups in total. The topological polar surface area (TPSA) is 60.7 Å². The fourth-order valence-corrected chi connectivity index (χ4v) is 1.30. The van der Waals surface area contributed by atoms with Crippen LogP contribution in [0, 0.1) is 5.92 Å². The van der Waals surface area contributed by atoms with Crippen LogP contribution in [0.4, 0.5) is 0 Å². The second-order valence-electron chi connectivity index (χ2n) is 3.83. The van der Waals surface area contributed by atoms with Crippen LogP contribution in [0.5, 0.6) is 0 Å². The predicted octanol–water partition coefficient (Wildman–Crippen LogP) is 0.915. The molecule has 0 saturated carbocycles. The minimum Gasteiger partial charge on any atom is -0.393 e. The third-order valence-corrected chi connectivity index (χ3v) is 2.51. The molecule has 0 aromatic heterocycles. The van der Waals surface area contributed by atoms with E-state index in [-0.39, 0.29) is 12.0 Å². The number of hydrogen-bond donors (Lipinski definition) is 3. The van der Waals surface area contributed by atoms with Gasteiger partial charge in [-0.1, -0.05) is 13.8 Å². The molecule has 0 rings (SSSR count). The van der Waals surface area contributed by atoms with E-state index >= 15 is 0 Å². The molecular formula is C10H22O3. The van der Waals surface area contributed by atoms with Gasteiger partial charge in [-0.15, -0.1) is 0 Å². The highest BCUT2D eigenvalue weighted by atomic mass is 16.3. The highest BCUT2D eigenvalue weighted by Crippen LogP contribution is 2.16. The first-order valence-electron chi connectivity index (χ1n) is 5.03. The third-order valence-electron chi connectivity index (χ3n) is 2.51. The molecule has 80 valence electrons. The molecule has 0 heterocycles. The van der Waals surface area contributed by atoms with Crippen molar-refractivity contribution in [3.63, 3.8) is 0 Å². The van der Waals surface area contributed by atoms with E-state index in [0.717, 1.165) is 0 Å². The zero-order chi connectivity index (χ0) is 10.4. The second kappa shape index (κ2) is 6.35. The van der Waals surface area contributed by atoms with Crippen LogP contribution >= 0.6 is 0 Å². The van der Waals surface area contributed by atoms with Gasteiger partial charge in [-0.2, -0.15) is 0 Å². The first kappa shape index (κ1) is 12.9. The summed E-state index contributed by atoms with van der Waals surface area (Å²) in [4.78, 5) is 0. The van der Waals surface area contributed by atoms with Crippen LogP contribution in [0.15, 0.2) is 0 Å². The maximum Gasteiger partial charge on any atom is 0.0591 e. The predicted molar refractivity (Wildman–Crippen MR) is 52.4 cm³/mol. The molecular weight excluding hydrogens is 168 g/mol. The van der Waals surface area contributed by atoms with Crippen LogP contribution in [-0.4, -0.2) is 33.6 Å². The Morgan fingerprint density at radius 1 is 0.923 bits per heavy atom. The van der Waals surface area contributed by atoms with Crippen LogP contribution in [0.2, 0.25) is 0 Å². The van der Waals surface area contributed by atoms with Crippen molar-refractivity contribution in [2.45, 2.75) is 58.3 Å². The summed E-state index contributed by atoms with van der Waals surface area (Å²) < 4.78 is 0. The van der Waals surface area contributed by atoms with Gasteiger partial charge >= 0.3 is 0 Å². The summed E-state index contributed by atoms with van der Waals surface area (Å²) in [5.74, 6) is -0.108. The van der Waals surface area contributed by atoms with Crippen molar-refractivity contribution in [2.75, 3.05) is 0 Å². The minimum atomic E-state index is -0.510. The highest BCUT2D eigenvalue weighted by molar-refractivity contribution is 4.71. The van der Waals surface area contributed by atoms with E-state index in [9.17, 15) is 10.2 Å². The Bertz CT molecular complexity index is 125. The van der Waals surface area contributed by atoms with Gasteiger partial charge in [0.1, 0.15) is 0 Å². The van der Waals surface area contributed by atoms with Crippen molar-refractivity contribution in [2.24, 2.45) is 5.92 Å². The van der Waals surface area contributed by atoms with Crippen LogP contribution in [0.3, 0.4) is 0 Å². The van der Waals surface area contributed by atoms with E-state index in [1.165, 1.54) is 0 Å². The summed E-state index contributed by atoms with van der Waals surface area (Å²) in [6, 6.07) is 0. The Morgan fingerprint density at radius 2 is 1.46 bits per heavy atom. The molecule has 0 aromatic rings. The van der Waals surface area contributed by atoms with Crippen LogP contribution in [0.25, 0.3) is 0 Å². The number of hydrogen-bond acceptors (Lipinski definition) is 3. The molecule has 0 aromatic carbocycles. The summed E-state index contributed by atoms with van der Waals surface area (Å²) in [7, 11) is 0. The molecule has 0 bridgehead atoms. The van der Waals surface area contributed by atoms with Crippen LogP contribution < -0.4 is 0 Å². The summed E-state index contributed by atoms with van der Waals surface area (Å²) in [5.41, 5.74) is 0. The first-order chi connectivity index (χ1) is 5.99. The molecule has 4 unspecified atom stereocenters. The zero-order valence-corrected chi connectivity index (χ0v) is 8.77. The molecule has 3 heteroatoms. The zero-order valence-electron chi connectivity index (χ0n) is 8.77. The van der Waals surface area contributed by atoms with Gasteiger partial charge in [0.25, 0.3) is 0 Å². The largest absolute Gasteiger partial charge is 0.393 e. The Hall–Kier alpha value is -0.120. The van der Waals surface area contributed by atoms with Crippen molar-refractivity contribution in [3.05, 3.63) is 0 Å². The molecule has 0 saturated heterocycles. The Kier molecular flexibility index (Phi) is 6.29. The lowest BCUT2D eigenvalue weighted by Crippen LogP contribution is -2.29. The van der Waals surface area contributed by atoms with E-state index in [1.807, 2.05) is 13.8 Å². The SMILES string of the molecule is CCC(O)C(C)C(O)CCC(C)O. The smallest absolute Gasteiger partial charge is 0.0591 e. The van der Waals surface area contributed by atoms with Crippen LogP contribution in [0.1, 0.15) is 40.0 Å². The van der Waals surface area contributed by atoms with Crippen molar-refractivity contribution in [1.82, 2.24) is 0 Å². The maximum absolute atomic E-state index is 9.60. The lowest BCUT2D eigenvalue weighted by molar-refractivity contribution is 0.00938. The maximum atomic E-state index is 9.60. The fraction of sp³-hybridized carbons (Fsp3) is 1.00. The monoisotopic (exact) mass is 190 g/mol. The van der Waals surface area contributed by atoms with Crippen LogP contribution in [-0.2, 0) is 0 Å². The molecule has 0 aliphatic rings. The van der Waals surface area contributed by atoms with Gasteiger partial charge in [0, 0.05) is 5.92 Å². The van der Waals surface area contributed by atoms with Crippen molar-refractivity contribution in [3.8, 4) is 0 Å². The minimum absolute atomic E-state index is 0.108. The highest BCUT2D eigenvalue weighted by Gasteiger charge is 2.20. The van der Waals surface area contributed by atoms with Gasteiger partial charge in [-0.05, 0) is 26.2 Å². The summed E-state index contributed by atoms with van der Waals surface area (Å²) in [6.07, 6.45) is 0.472. The van der Waals surface area contributed by atoms with Gasteiger partial charge in [0.15, 0.2) is 0 Å². The average molecular weight is 190 g/mol. The molecule has 3 nitrogen and oxygen atoms in total. The van der Waals surface area contributed by atoms with Gasteiger partial charge < -0.3 is 15.3 Å². The van der Waals surface area contributed by atoms with Crippen molar-refractivity contribution in [1.29, 1.82) is 0 Å². The molecule has 4 atom stereocenters. The van der Waals surface area contributed by atoms with E-state index < -0.39 is 12.2 Å². The van der Waals surface area contributed by atoms with E-state index in [4.69, 9.17) is 5.11 Å². The molecule has 0 radical (unpaired) electrons. The van der Waals surface area contributed by atoms with E-state index in [2.05, 4.69) is 0 Å². The van der Waals surface area contributed by atoms with Gasteiger partial charge in [0.05, 0.1) is 18.3 Å².